The number of aliphatic hydroxyl groups is 1. The Bertz CT molecular complexity index is 974. The first-order valence-corrected chi connectivity index (χ1v) is 7.74. The first kappa shape index (κ1) is 14.6. The van der Waals surface area contributed by atoms with Crippen molar-refractivity contribution in [3.8, 4) is 0 Å². The van der Waals surface area contributed by atoms with E-state index in [1.165, 1.54) is 0 Å². The highest BCUT2D eigenvalue weighted by Crippen LogP contribution is 2.39. The third kappa shape index (κ3) is 2.12. The predicted octanol–water partition coefficient (Wildman–Crippen LogP) is 3.25. The lowest BCUT2D eigenvalue weighted by atomic mass is 9.87. The zero-order valence-electron chi connectivity index (χ0n) is 12.8. The number of hydrogen-bond donors (Lipinski definition) is 2. The predicted molar refractivity (Wildman–Crippen MR) is 91.9 cm³/mol. The minimum Gasteiger partial charge on any atom is -0.375 e. The van der Waals surface area contributed by atoms with E-state index in [2.05, 4.69) is 5.32 Å². The number of carbonyl (C=O) groups is 2. The van der Waals surface area contributed by atoms with Crippen LogP contribution in [0.25, 0.3) is 10.8 Å². The van der Waals surface area contributed by atoms with Gasteiger partial charge in [-0.05, 0) is 16.8 Å². The Morgan fingerprint density at radius 3 is 2.54 bits per heavy atom. The summed E-state index contributed by atoms with van der Waals surface area (Å²) in [4.78, 5) is 25.1. The average Bonchev–Trinajstić information content (AvgIpc) is 2.85. The largest absolute Gasteiger partial charge is 0.375 e. The van der Waals surface area contributed by atoms with E-state index in [-0.39, 0.29) is 12.2 Å². The van der Waals surface area contributed by atoms with E-state index in [1.54, 1.807) is 30.3 Å². The van der Waals surface area contributed by atoms with E-state index >= 15 is 0 Å². The molecule has 1 amide bonds. The number of hydrogen-bond acceptors (Lipinski definition) is 3. The molecule has 1 unspecified atom stereocenters. The highest BCUT2D eigenvalue weighted by atomic mass is 16.3. The molecule has 0 bridgehead atoms. The van der Waals surface area contributed by atoms with Gasteiger partial charge in [0.1, 0.15) is 0 Å². The Morgan fingerprint density at radius 1 is 0.958 bits per heavy atom. The van der Waals surface area contributed by atoms with E-state index in [4.69, 9.17) is 0 Å². The third-order valence-corrected chi connectivity index (χ3v) is 4.50. The van der Waals surface area contributed by atoms with E-state index < -0.39 is 11.5 Å². The molecule has 2 N–H and O–H groups in total. The zero-order valence-corrected chi connectivity index (χ0v) is 12.8. The smallest absolute Gasteiger partial charge is 0.261 e. The summed E-state index contributed by atoms with van der Waals surface area (Å²) in [6, 6.07) is 19.9. The second-order valence-electron chi connectivity index (χ2n) is 5.99. The number of amides is 1. The number of para-hydroxylation sites is 1. The maximum absolute atomic E-state index is 12.8. The Morgan fingerprint density at radius 2 is 1.67 bits per heavy atom. The summed E-state index contributed by atoms with van der Waals surface area (Å²) in [5.41, 5.74) is -0.317. The van der Waals surface area contributed by atoms with Gasteiger partial charge >= 0.3 is 0 Å². The molecule has 0 spiro atoms. The molecule has 0 aromatic heterocycles. The second kappa shape index (κ2) is 5.28. The van der Waals surface area contributed by atoms with Crippen molar-refractivity contribution < 1.29 is 14.7 Å². The summed E-state index contributed by atoms with van der Waals surface area (Å²) in [5.74, 6) is -0.821. The van der Waals surface area contributed by atoms with Gasteiger partial charge in [0.25, 0.3) is 5.91 Å². The molecule has 1 aliphatic rings. The summed E-state index contributed by atoms with van der Waals surface area (Å²) in [7, 11) is 0. The minimum absolute atomic E-state index is 0.263. The van der Waals surface area contributed by atoms with Gasteiger partial charge < -0.3 is 10.4 Å². The Balaban J connectivity index is 1.75. The minimum atomic E-state index is -1.83. The van der Waals surface area contributed by atoms with E-state index in [0.29, 0.717) is 16.8 Å². The SMILES string of the molecule is O=C(CC1(O)C(=O)Nc2ccccc21)c1cccc2ccccc12. The summed E-state index contributed by atoms with van der Waals surface area (Å²) >= 11 is 0. The van der Waals surface area contributed by atoms with Crippen LogP contribution < -0.4 is 5.32 Å². The normalized spacial score (nSPS) is 19.1. The average molecular weight is 317 g/mol. The lowest BCUT2D eigenvalue weighted by molar-refractivity contribution is -0.133. The molecule has 0 saturated carbocycles. The first-order chi connectivity index (χ1) is 11.6. The second-order valence-corrected chi connectivity index (χ2v) is 5.99. The lowest BCUT2D eigenvalue weighted by Gasteiger charge is -2.20. The molecule has 1 atom stereocenters. The molecule has 4 rings (SSSR count). The molecule has 4 heteroatoms. The molecule has 3 aromatic rings. The standard InChI is InChI=1S/C20H15NO3/c22-18(15-9-5-7-13-6-1-2-8-14(13)15)12-20(24)16-10-3-4-11-17(16)21-19(20)23/h1-11,24H,12H2,(H,21,23). The summed E-state index contributed by atoms with van der Waals surface area (Å²) < 4.78 is 0. The topological polar surface area (TPSA) is 66.4 Å². The fourth-order valence-electron chi connectivity index (χ4n) is 3.27. The van der Waals surface area contributed by atoms with Gasteiger partial charge in [0.15, 0.2) is 11.4 Å². The molecule has 3 aromatic carbocycles. The van der Waals surface area contributed by atoms with Crippen molar-refractivity contribution in [3.63, 3.8) is 0 Å². The van der Waals surface area contributed by atoms with Crippen LogP contribution in [0.4, 0.5) is 5.69 Å². The van der Waals surface area contributed by atoms with Crippen LogP contribution >= 0.6 is 0 Å². The monoisotopic (exact) mass is 317 g/mol. The summed E-state index contributed by atoms with van der Waals surface area (Å²) in [5, 5.41) is 15.3. The van der Waals surface area contributed by atoms with Crippen LogP contribution in [0, 0.1) is 0 Å². The van der Waals surface area contributed by atoms with Crippen molar-refractivity contribution in [1.82, 2.24) is 0 Å². The Kier molecular flexibility index (Phi) is 3.22. The van der Waals surface area contributed by atoms with Crippen LogP contribution in [0.3, 0.4) is 0 Å². The maximum Gasteiger partial charge on any atom is 0.261 e. The molecule has 0 aliphatic carbocycles. The Hall–Kier alpha value is -2.98. The van der Waals surface area contributed by atoms with Crippen LogP contribution in [0.2, 0.25) is 0 Å². The van der Waals surface area contributed by atoms with E-state index in [1.807, 2.05) is 36.4 Å². The molecule has 0 radical (unpaired) electrons. The number of Topliss-reactive ketones (excluding diaryl/α,β-unsaturated/α-hetero) is 1. The molecule has 4 nitrogen and oxygen atoms in total. The molecule has 118 valence electrons. The molecule has 0 saturated heterocycles. The van der Waals surface area contributed by atoms with Crippen LogP contribution in [0.15, 0.2) is 66.7 Å². The van der Waals surface area contributed by atoms with Crippen LogP contribution in [-0.4, -0.2) is 16.8 Å². The van der Waals surface area contributed by atoms with Gasteiger partial charge in [0.2, 0.25) is 0 Å². The van der Waals surface area contributed by atoms with Crippen LogP contribution in [0.5, 0.6) is 0 Å². The van der Waals surface area contributed by atoms with Gasteiger partial charge in [-0.3, -0.25) is 9.59 Å². The van der Waals surface area contributed by atoms with Gasteiger partial charge in [-0.15, -0.1) is 0 Å². The van der Waals surface area contributed by atoms with E-state index in [9.17, 15) is 14.7 Å². The quantitative estimate of drug-likeness (QED) is 0.729. The fourth-order valence-corrected chi connectivity index (χ4v) is 3.27. The molecular formula is C20H15NO3. The van der Waals surface area contributed by atoms with Gasteiger partial charge in [-0.2, -0.15) is 0 Å². The maximum atomic E-state index is 12.8. The number of ketones is 1. The lowest BCUT2D eigenvalue weighted by Crippen LogP contribution is -2.36. The number of benzene rings is 3. The third-order valence-electron chi connectivity index (χ3n) is 4.50. The molecule has 24 heavy (non-hydrogen) atoms. The molecular weight excluding hydrogens is 302 g/mol. The number of nitrogens with one attached hydrogen (secondary N) is 1. The molecule has 1 aliphatic heterocycles. The number of anilines is 1. The van der Waals surface area contributed by atoms with Crippen molar-refractivity contribution in [2.75, 3.05) is 5.32 Å². The van der Waals surface area contributed by atoms with Crippen molar-refractivity contribution >= 4 is 28.2 Å². The first-order valence-electron chi connectivity index (χ1n) is 7.74. The summed E-state index contributed by atoms with van der Waals surface area (Å²) in [6.07, 6.45) is -0.288. The highest BCUT2D eigenvalue weighted by molar-refractivity contribution is 6.13. The highest BCUT2D eigenvalue weighted by Gasteiger charge is 2.46. The summed E-state index contributed by atoms with van der Waals surface area (Å²) in [6.45, 7) is 0. The number of fused-ring (bicyclic) bond motifs is 2. The van der Waals surface area contributed by atoms with Gasteiger partial charge in [0.05, 0.1) is 6.42 Å². The van der Waals surface area contributed by atoms with Crippen molar-refractivity contribution in [1.29, 1.82) is 0 Å². The van der Waals surface area contributed by atoms with E-state index in [0.717, 1.165) is 10.8 Å². The molecule has 1 heterocycles. The van der Waals surface area contributed by atoms with Gasteiger partial charge in [0, 0.05) is 16.8 Å². The van der Waals surface area contributed by atoms with Gasteiger partial charge in [-0.25, -0.2) is 0 Å². The number of carbonyl (C=O) groups excluding carboxylic acids is 2. The van der Waals surface area contributed by atoms with Crippen molar-refractivity contribution in [2.45, 2.75) is 12.0 Å². The number of rotatable bonds is 3. The fraction of sp³-hybridized carbons (Fsp3) is 0.100. The zero-order chi connectivity index (χ0) is 16.7. The van der Waals surface area contributed by atoms with Crippen molar-refractivity contribution in [2.24, 2.45) is 0 Å². The Labute approximate surface area is 138 Å². The van der Waals surface area contributed by atoms with Crippen molar-refractivity contribution in [3.05, 3.63) is 77.9 Å². The molecule has 0 fully saturated rings. The van der Waals surface area contributed by atoms with Crippen LogP contribution in [-0.2, 0) is 10.4 Å². The van der Waals surface area contributed by atoms with Gasteiger partial charge in [-0.1, -0.05) is 60.7 Å². The van der Waals surface area contributed by atoms with Crippen LogP contribution in [0.1, 0.15) is 22.3 Å².